The molecule has 104 valence electrons. The lowest BCUT2D eigenvalue weighted by molar-refractivity contribution is -0.152. The fraction of sp³-hybridized carbons (Fsp3) is 0.538. The van der Waals surface area contributed by atoms with E-state index in [1.807, 2.05) is 17.5 Å². The van der Waals surface area contributed by atoms with Gasteiger partial charge in [-0.05, 0) is 31.2 Å². The molecule has 1 amide bonds. The molecule has 1 heterocycles. The van der Waals surface area contributed by atoms with E-state index in [1.54, 1.807) is 18.3 Å². The molecule has 0 aliphatic heterocycles. The van der Waals surface area contributed by atoms with Gasteiger partial charge in [-0.15, -0.1) is 23.1 Å². The van der Waals surface area contributed by atoms with Crippen molar-refractivity contribution < 1.29 is 14.3 Å². The van der Waals surface area contributed by atoms with Crippen molar-refractivity contribution in [3.8, 4) is 0 Å². The Balaban J connectivity index is 1.61. The summed E-state index contributed by atoms with van der Waals surface area (Å²) in [6, 6.07) is 4.32. The lowest BCUT2D eigenvalue weighted by atomic mass is 10.3. The summed E-state index contributed by atoms with van der Waals surface area (Å²) in [5.74, 6) is 0.549. The first-order chi connectivity index (χ1) is 9.15. The van der Waals surface area contributed by atoms with E-state index in [2.05, 4.69) is 5.32 Å². The minimum Gasteiger partial charge on any atom is -0.452 e. The molecule has 0 saturated heterocycles. The molecule has 19 heavy (non-hydrogen) atoms. The maximum atomic E-state index is 11.6. The summed E-state index contributed by atoms with van der Waals surface area (Å²) in [7, 11) is 0. The number of ether oxygens (including phenoxy) is 1. The molecule has 1 fully saturated rings. The van der Waals surface area contributed by atoms with Gasteiger partial charge in [0.2, 0.25) is 0 Å². The Kier molecular flexibility index (Phi) is 5.27. The van der Waals surface area contributed by atoms with E-state index in [4.69, 9.17) is 4.74 Å². The number of nitrogens with one attached hydrogen (secondary N) is 1. The van der Waals surface area contributed by atoms with Crippen molar-refractivity contribution in [3.05, 3.63) is 22.4 Å². The standard InChI is InChI=1S/C13H17NO3S2/c1-9(13(16)14-10-4-5-10)17-12(15)8-18-7-11-3-2-6-19-11/h2-3,6,9-10H,4-5,7-8H2,1H3,(H,14,16)/t9-/m1/s1. The molecular weight excluding hydrogens is 282 g/mol. The van der Waals surface area contributed by atoms with Crippen LogP contribution in [-0.4, -0.2) is 29.8 Å². The highest BCUT2D eigenvalue weighted by atomic mass is 32.2. The lowest BCUT2D eigenvalue weighted by Gasteiger charge is -2.12. The first-order valence-electron chi connectivity index (χ1n) is 6.25. The predicted molar refractivity (Wildman–Crippen MR) is 77.2 cm³/mol. The average molecular weight is 299 g/mol. The van der Waals surface area contributed by atoms with Crippen molar-refractivity contribution in [2.45, 2.75) is 37.7 Å². The SMILES string of the molecule is C[C@@H](OC(=O)CSCc1cccs1)C(=O)NC1CC1. The van der Waals surface area contributed by atoms with E-state index in [0.29, 0.717) is 6.04 Å². The zero-order chi connectivity index (χ0) is 13.7. The van der Waals surface area contributed by atoms with Crippen LogP contribution in [0.25, 0.3) is 0 Å². The maximum absolute atomic E-state index is 11.6. The molecule has 1 aliphatic rings. The van der Waals surface area contributed by atoms with Gasteiger partial charge in [-0.1, -0.05) is 6.07 Å². The Bertz CT molecular complexity index is 429. The molecule has 4 nitrogen and oxygen atoms in total. The quantitative estimate of drug-likeness (QED) is 0.784. The Morgan fingerprint density at radius 2 is 2.37 bits per heavy atom. The average Bonchev–Trinajstić information content (AvgIpc) is 3.03. The van der Waals surface area contributed by atoms with Gasteiger partial charge in [0.1, 0.15) is 0 Å². The van der Waals surface area contributed by atoms with E-state index in [9.17, 15) is 9.59 Å². The van der Waals surface area contributed by atoms with E-state index >= 15 is 0 Å². The molecule has 1 aliphatic carbocycles. The number of carbonyl (C=O) groups is 2. The van der Waals surface area contributed by atoms with Crippen molar-refractivity contribution in [1.29, 1.82) is 0 Å². The van der Waals surface area contributed by atoms with Crippen LogP contribution < -0.4 is 5.32 Å². The fourth-order valence-corrected chi connectivity index (χ4v) is 3.11. The van der Waals surface area contributed by atoms with E-state index in [-0.39, 0.29) is 17.6 Å². The van der Waals surface area contributed by atoms with Crippen molar-refractivity contribution in [1.82, 2.24) is 5.32 Å². The Morgan fingerprint density at radius 1 is 1.58 bits per heavy atom. The second kappa shape index (κ2) is 6.96. The Hall–Kier alpha value is -1.01. The van der Waals surface area contributed by atoms with Crippen molar-refractivity contribution >= 4 is 35.0 Å². The maximum Gasteiger partial charge on any atom is 0.316 e. The highest BCUT2D eigenvalue weighted by molar-refractivity contribution is 7.99. The lowest BCUT2D eigenvalue weighted by Crippen LogP contribution is -2.37. The predicted octanol–water partition coefficient (Wildman–Crippen LogP) is 2.19. The Morgan fingerprint density at radius 3 is 3.00 bits per heavy atom. The van der Waals surface area contributed by atoms with Crippen LogP contribution in [0.3, 0.4) is 0 Å². The molecule has 2 rings (SSSR count). The first-order valence-corrected chi connectivity index (χ1v) is 8.28. The van der Waals surface area contributed by atoms with Crippen LogP contribution >= 0.6 is 23.1 Å². The van der Waals surface area contributed by atoms with E-state index < -0.39 is 6.10 Å². The van der Waals surface area contributed by atoms with Crippen LogP contribution in [0.15, 0.2) is 17.5 Å². The number of thioether (sulfide) groups is 1. The smallest absolute Gasteiger partial charge is 0.316 e. The van der Waals surface area contributed by atoms with Crippen molar-refractivity contribution in [2.75, 3.05) is 5.75 Å². The van der Waals surface area contributed by atoms with Crippen molar-refractivity contribution in [2.24, 2.45) is 0 Å². The number of rotatable bonds is 7. The molecule has 0 spiro atoms. The molecule has 0 radical (unpaired) electrons. The molecule has 0 bridgehead atoms. The summed E-state index contributed by atoms with van der Waals surface area (Å²) in [6.07, 6.45) is 1.36. The number of hydrogen-bond acceptors (Lipinski definition) is 5. The molecule has 1 aromatic heterocycles. The summed E-state index contributed by atoms with van der Waals surface area (Å²) < 4.78 is 5.09. The molecule has 6 heteroatoms. The van der Waals surface area contributed by atoms with Crippen LogP contribution in [0.2, 0.25) is 0 Å². The molecule has 1 N–H and O–H groups in total. The van der Waals surface area contributed by atoms with Gasteiger partial charge in [-0.2, -0.15) is 0 Å². The minimum atomic E-state index is -0.699. The van der Waals surface area contributed by atoms with Crippen LogP contribution in [0.5, 0.6) is 0 Å². The van der Waals surface area contributed by atoms with E-state index in [0.717, 1.165) is 18.6 Å². The van der Waals surface area contributed by atoms with E-state index in [1.165, 1.54) is 16.6 Å². The van der Waals surface area contributed by atoms with Gasteiger partial charge >= 0.3 is 5.97 Å². The van der Waals surface area contributed by atoms with Crippen LogP contribution in [-0.2, 0) is 20.1 Å². The fourth-order valence-electron chi connectivity index (χ4n) is 1.46. The normalized spacial score (nSPS) is 15.8. The highest BCUT2D eigenvalue weighted by Gasteiger charge is 2.27. The minimum absolute atomic E-state index is 0.195. The van der Waals surface area contributed by atoms with Gasteiger partial charge < -0.3 is 10.1 Å². The topological polar surface area (TPSA) is 55.4 Å². The molecule has 0 aromatic carbocycles. The zero-order valence-corrected chi connectivity index (χ0v) is 12.4. The zero-order valence-electron chi connectivity index (χ0n) is 10.8. The number of hydrogen-bond donors (Lipinski definition) is 1. The summed E-state index contributed by atoms with van der Waals surface area (Å²) in [4.78, 5) is 24.4. The number of amides is 1. The highest BCUT2D eigenvalue weighted by Crippen LogP contribution is 2.19. The summed E-state index contributed by atoms with van der Waals surface area (Å²) in [6.45, 7) is 1.61. The van der Waals surface area contributed by atoms with Gasteiger partial charge in [-0.3, -0.25) is 9.59 Å². The van der Waals surface area contributed by atoms with Crippen LogP contribution in [0, 0.1) is 0 Å². The Labute approximate surface area is 120 Å². The molecular formula is C13H17NO3S2. The van der Waals surface area contributed by atoms with Gasteiger partial charge in [-0.25, -0.2) is 0 Å². The summed E-state index contributed by atoms with van der Waals surface area (Å²) in [5.41, 5.74) is 0. The van der Waals surface area contributed by atoms with Gasteiger partial charge in [0.15, 0.2) is 6.10 Å². The third-order valence-electron chi connectivity index (χ3n) is 2.65. The number of carbonyl (C=O) groups excluding carboxylic acids is 2. The third kappa shape index (κ3) is 5.24. The number of esters is 1. The van der Waals surface area contributed by atoms with Gasteiger partial charge in [0.25, 0.3) is 5.91 Å². The summed E-state index contributed by atoms with van der Waals surface area (Å²) >= 11 is 3.17. The number of thiophene rings is 1. The molecule has 1 aromatic rings. The second-order valence-corrected chi connectivity index (χ2v) is 6.50. The van der Waals surface area contributed by atoms with Crippen LogP contribution in [0.1, 0.15) is 24.6 Å². The largest absolute Gasteiger partial charge is 0.452 e. The molecule has 1 saturated carbocycles. The monoisotopic (exact) mass is 299 g/mol. The van der Waals surface area contributed by atoms with Crippen LogP contribution in [0.4, 0.5) is 0 Å². The van der Waals surface area contributed by atoms with Gasteiger partial charge in [0.05, 0.1) is 5.75 Å². The molecule has 1 atom stereocenters. The first kappa shape index (κ1) is 14.4. The second-order valence-electron chi connectivity index (χ2n) is 4.49. The third-order valence-corrected chi connectivity index (χ3v) is 4.66. The van der Waals surface area contributed by atoms with Gasteiger partial charge in [0, 0.05) is 16.7 Å². The summed E-state index contributed by atoms with van der Waals surface area (Å²) in [5, 5.41) is 4.83. The van der Waals surface area contributed by atoms with Crippen molar-refractivity contribution in [3.63, 3.8) is 0 Å². The molecule has 0 unspecified atom stereocenters.